The molecule has 1 amide bonds. The van der Waals surface area contributed by atoms with Gasteiger partial charge in [0.25, 0.3) is 5.92 Å². The molecule has 0 bridgehead atoms. The molecule has 94 valence electrons. The van der Waals surface area contributed by atoms with Crippen LogP contribution in [0, 0.1) is 5.92 Å². The summed E-state index contributed by atoms with van der Waals surface area (Å²) in [4.78, 5) is 11.6. The number of hydrogen-bond acceptors (Lipinski definition) is 2. The first-order chi connectivity index (χ1) is 7.07. The number of halogens is 3. The van der Waals surface area contributed by atoms with Crippen LogP contribution < -0.4 is 10.6 Å². The minimum atomic E-state index is -2.55. The third-order valence-electron chi connectivity index (χ3n) is 3.15. The molecule has 1 saturated carbocycles. The van der Waals surface area contributed by atoms with Gasteiger partial charge in [-0.05, 0) is 25.9 Å². The molecule has 6 heteroatoms. The van der Waals surface area contributed by atoms with E-state index in [1.165, 1.54) is 0 Å². The summed E-state index contributed by atoms with van der Waals surface area (Å²) in [6, 6.07) is -0.303. The van der Waals surface area contributed by atoms with Crippen molar-refractivity contribution < 1.29 is 13.6 Å². The first-order valence-electron chi connectivity index (χ1n) is 5.46. The molecule has 0 aromatic rings. The summed E-state index contributed by atoms with van der Waals surface area (Å²) in [6.07, 6.45) is 1.25. The molecule has 1 aliphatic heterocycles. The lowest BCUT2D eigenvalue weighted by atomic mass is 9.87. The van der Waals surface area contributed by atoms with Crippen LogP contribution in [0.15, 0.2) is 0 Å². The molecule has 3 nitrogen and oxygen atoms in total. The van der Waals surface area contributed by atoms with Crippen molar-refractivity contribution in [1.29, 1.82) is 0 Å². The second-order valence-electron chi connectivity index (χ2n) is 4.49. The Morgan fingerprint density at radius 1 is 1.25 bits per heavy atom. The van der Waals surface area contributed by atoms with Crippen molar-refractivity contribution in [2.75, 3.05) is 13.1 Å². The molecule has 16 heavy (non-hydrogen) atoms. The van der Waals surface area contributed by atoms with Gasteiger partial charge in [0, 0.05) is 24.8 Å². The Kier molecular flexibility index (Phi) is 4.50. The van der Waals surface area contributed by atoms with Gasteiger partial charge in [0.2, 0.25) is 5.91 Å². The lowest BCUT2D eigenvalue weighted by molar-refractivity contribution is -0.133. The average Bonchev–Trinajstić information content (AvgIpc) is 2.16. The van der Waals surface area contributed by atoms with Gasteiger partial charge in [0.05, 0.1) is 0 Å². The Balaban J connectivity index is 0.00000128. The maximum Gasteiger partial charge on any atom is 0.252 e. The average molecular weight is 255 g/mol. The molecule has 0 aromatic heterocycles. The standard InChI is InChI=1S/C10H16F2N2O.ClH/c11-10(12)5-8(6-10)14-9(15)7-1-3-13-4-2-7;/h7-8,13H,1-6H2,(H,14,15);1H. The molecule has 0 aromatic carbocycles. The van der Waals surface area contributed by atoms with Gasteiger partial charge in [0.1, 0.15) is 0 Å². The topological polar surface area (TPSA) is 41.1 Å². The molecule has 2 rings (SSSR count). The quantitative estimate of drug-likeness (QED) is 0.781. The molecule has 0 radical (unpaired) electrons. The number of nitrogens with one attached hydrogen (secondary N) is 2. The monoisotopic (exact) mass is 254 g/mol. The summed E-state index contributed by atoms with van der Waals surface area (Å²) in [5.74, 6) is -2.58. The third-order valence-corrected chi connectivity index (χ3v) is 3.15. The van der Waals surface area contributed by atoms with Gasteiger partial charge in [-0.15, -0.1) is 12.4 Å². The van der Waals surface area contributed by atoms with Gasteiger partial charge in [-0.3, -0.25) is 4.79 Å². The van der Waals surface area contributed by atoms with E-state index in [9.17, 15) is 13.6 Å². The molecule has 1 saturated heterocycles. The lowest BCUT2D eigenvalue weighted by Crippen LogP contribution is -2.52. The van der Waals surface area contributed by atoms with E-state index in [1.54, 1.807) is 0 Å². The second kappa shape index (κ2) is 5.27. The van der Waals surface area contributed by atoms with E-state index in [4.69, 9.17) is 0 Å². The number of hydrogen-bond donors (Lipinski definition) is 2. The first-order valence-corrected chi connectivity index (χ1v) is 5.46. The van der Waals surface area contributed by atoms with Gasteiger partial charge >= 0.3 is 0 Å². The zero-order chi connectivity index (χ0) is 10.9. The maximum absolute atomic E-state index is 12.5. The molecule has 0 spiro atoms. The van der Waals surface area contributed by atoms with Crippen molar-refractivity contribution in [2.24, 2.45) is 5.92 Å². The van der Waals surface area contributed by atoms with E-state index in [2.05, 4.69) is 10.6 Å². The summed E-state index contributed by atoms with van der Waals surface area (Å²) in [7, 11) is 0. The molecule has 1 heterocycles. The number of carbonyl (C=O) groups is 1. The molecular formula is C10H17ClF2N2O. The minimum absolute atomic E-state index is 0. The molecule has 2 fully saturated rings. The Hall–Kier alpha value is -0.420. The number of rotatable bonds is 2. The fraction of sp³-hybridized carbons (Fsp3) is 0.900. The van der Waals surface area contributed by atoms with Crippen molar-refractivity contribution in [3.05, 3.63) is 0 Å². The van der Waals surface area contributed by atoms with Gasteiger partial charge in [-0.25, -0.2) is 8.78 Å². The van der Waals surface area contributed by atoms with E-state index >= 15 is 0 Å². The van der Waals surface area contributed by atoms with Crippen LogP contribution in [0.5, 0.6) is 0 Å². The molecule has 2 N–H and O–H groups in total. The molecule has 0 unspecified atom stereocenters. The lowest BCUT2D eigenvalue weighted by Gasteiger charge is -2.36. The van der Waals surface area contributed by atoms with Crippen LogP contribution in [0.2, 0.25) is 0 Å². The fourth-order valence-electron chi connectivity index (χ4n) is 2.17. The van der Waals surface area contributed by atoms with E-state index in [-0.39, 0.29) is 43.1 Å². The van der Waals surface area contributed by atoms with Crippen molar-refractivity contribution in [1.82, 2.24) is 10.6 Å². The van der Waals surface area contributed by atoms with Gasteiger partial charge in [0.15, 0.2) is 0 Å². The van der Waals surface area contributed by atoms with Crippen molar-refractivity contribution in [3.8, 4) is 0 Å². The molecule has 1 aliphatic carbocycles. The highest BCUT2D eigenvalue weighted by Gasteiger charge is 2.46. The van der Waals surface area contributed by atoms with Crippen LogP contribution in [0.25, 0.3) is 0 Å². The van der Waals surface area contributed by atoms with Crippen molar-refractivity contribution >= 4 is 18.3 Å². The highest BCUT2D eigenvalue weighted by molar-refractivity contribution is 5.85. The SMILES string of the molecule is Cl.O=C(NC1CC(F)(F)C1)C1CCNCC1. The largest absolute Gasteiger partial charge is 0.353 e. The Morgan fingerprint density at radius 2 is 1.81 bits per heavy atom. The summed E-state index contributed by atoms with van der Waals surface area (Å²) in [6.45, 7) is 1.69. The van der Waals surface area contributed by atoms with Crippen LogP contribution >= 0.6 is 12.4 Å². The Morgan fingerprint density at radius 3 is 2.31 bits per heavy atom. The summed E-state index contributed by atoms with van der Waals surface area (Å²) in [5, 5.41) is 5.86. The molecule has 2 aliphatic rings. The van der Waals surface area contributed by atoms with Crippen LogP contribution in [-0.2, 0) is 4.79 Å². The van der Waals surface area contributed by atoms with Crippen LogP contribution in [0.1, 0.15) is 25.7 Å². The highest BCUT2D eigenvalue weighted by Crippen LogP contribution is 2.37. The predicted octanol–water partition coefficient (Wildman–Crippen LogP) is 1.32. The van der Waals surface area contributed by atoms with E-state index in [0.717, 1.165) is 25.9 Å². The second-order valence-corrected chi connectivity index (χ2v) is 4.49. The summed E-state index contributed by atoms with van der Waals surface area (Å²) >= 11 is 0. The smallest absolute Gasteiger partial charge is 0.252 e. The summed E-state index contributed by atoms with van der Waals surface area (Å²) in [5.41, 5.74) is 0. The molecular weight excluding hydrogens is 238 g/mol. The normalized spacial score (nSPS) is 25.4. The zero-order valence-electron chi connectivity index (χ0n) is 8.97. The summed E-state index contributed by atoms with van der Waals surface area (Å²) < 4.78 is 25.0. The van der Waals surface area contributed by atoms with Gasteiger partial charge in [-0.2, -0.15) is 0 Å². The third kappa shape index (κ3) is 3.28. The number of piperidine rings is 1. The highest BCUT2D eigenvalue weighted by atomic mass is 35.5. The Labute approximate surface area is 99.8 Å². The van der Waals surface area contributed by atoms with Crippen molar-refractivity contribution in [2.45, 2.75) is 37.6 Å². The number of carbonyl (C=O) groups excluding carboxylic acids is 1. The van der Waals surface area contributed by atoms with Gasteiger partial charge < -0.3 is 10.6 Å². The number of alkyl halides is 2. The van der Waals surface area contributed by atoms with E-state index in [1.807, 2.05) is 0 Å². The van der Waals surface area contributed by atoms with Crippen LogP contribution in [-0.4, -0.2) is 31.0 Å². The number of amides is 1. The van der Waals surface area contributed by atoms with Gasteiger partial charge in [-0.1, -0.05) is 0 Å². The molecule has 0 atom stereocenters. The zero-order valence-corrected chi connectivity index (χ0v) is 9.79. The fourth-order valence-corrected chi connectivity index (χ4v) is 2.17. The van der Waals surface area contributed by atoms with E-state index in [0.29, 0.717) is 0 Å². The minimum Gasteiger partial charge on any atom is -0.353 e. The predicted molar refractivity (Wildman–Crippen MR) is 59.0 cm³/mol. The van der Waals surface area contributed by atoms with E-state index < -0.39 is 5.92 Å². The van der Waals surface area contributed by atoms with Crippen LogP contribution in [0.4, 0.5) is 8.78 Å². The Bertz CT molecular complexity index is 249. The van der Waals surface area contributed by atoms with Crippen molar-refractivity contribution in [3.63, 3.8) is 0 Å². The first kappa shape index (κ1) is 13.6. The maximum atomic E-state index is 12.5. The van der Waals surface area contributed by atoms with Crippen LogP contribution in [0.3, 0.4) is 0 Å².